The number of piperazine rings is 1. The van der Waals surface area contributed by atoms with Crippen LogP contribution in [0.25, 0.3) is 32.6 Å². The van der Waals surface area contributed by atoms with Crippen molar-refractivity contribution in [2.75, 3.05) is 31.1 Å². The van der Waals surface area contributed by atoms with Crippen molar-refractivity contribution in [3.63, 3.8) is 0 Å². The van der Waals surface area contributed by atoms with Crippen molar-refractivity contribution in [3.8, 4) is 21.8 Å². The molecule has 0 spiro atoms. The fourth-order valence-electron chi connectivity index (χ4n) is 5.57. The Hall–Kier alpha value is -4.88. The molecule has 0 radical (unpaired) electrons. The second kappa shape index (κ2) is 11.8. The summed E-state index contributed by atoms with van der Waals surface area (Å²) in [6.45, 7) is 2.70. The highest BCUT2D eigenvalue weighted by molar-refractivity contribution is 7.19. The number of rotatable bonds is 5. The van der Waals surface area contributed by atoms with Crippen LogP contribution in [0.5, 0.6) is 0 Å². The number of para-hydroxylation sites is 1. The molecule has 0 atom stereocenters. The number of aliphatic imine (C=N–C) groups is 1. The fourth-order valence-corrected chi connectivity index (χ4v) is 6.54. The zero-order valence-electron chi connectivity index (χ0n) is 23.3. The van der Waals surface area contributed by atoms with Crippen LogP contribution in [0, 0.1) is 11.6 Å². The van der Waals surface area contributed by atoms with Crippen molar-refractivity contribution in [3.05, 3.63) is 139 Å². The molecule has 43 heavy (non-hydrogen) atoms. The highest BCUT2D eigenvalue weighted by atomic mass is 32.1. The molecule has 7 rings (SSSR count). The first-order valence-electron chi connectivity index (χ1n) is 14.3. The molecule has 212 valence electrons. The van der Waals surface area contributed by atoms with Gasteiger partial charge in [0.2, 0.25) is 0 Å². The molecule has 1 aliphatic rings. The largest absolute Gasteiger partial charge is 0.366 e. The van der Waals surface area contributed by atoms with Gasteiger partial charge in [-0.25, -0.2) is 18.8 Å². The second-order valence-corrected chi connectivity index (χ2v) is 11.4. The Balaban J connectivity index is 1.35. The second-order valence-electron chi connectivity index (χ2n) is 10.4. The van der Waals surface area contributed by atoms with E-state index in [-0.39, 0.29) is 11.6 Å². The van der Waals surface area contributed by atoms with Crippen molar-refractivity contribution in [2.45, 2.75) is 0 Å². The summed E-state index contributed by atoms with van der Waals surface area (Å²) in [7, 11) is 0. The highest BCUT2D eigenvalue weighted by Gasteiger charge is 2.25. The highest BCUT2D eigenvalue weighted by Crippen LogP contribution is 2.41. The van der Waals surface area contributed by atoms with Gasteiger partial charge in [-0.15, -0.1) is 0 Å². The average molecular weight is 587 g/mol. The summed E-state index contributed by atoms with van der Waals surface area (Å²) in [6, 6.07) is 38.0. The number of hydrogen-bond donors (Lipinski definition) is 0. The van der Waals surface area contributed by atoms with Crippen molar-refractivity contribution >= 4 is 38.6 Å². The smallest absolute Gasteiger partial charge is 0.146 e. The molecule has 0 bridgehead atoms. The van der Waals surface area contributed by atoms with E-state index in [1.54, 1.807) is 18.2 Å². The summed E-state index contributed by atoms with van der Waals surface area (Å²) in [5, 5.41) is 3.81. The molecule has 4 nitrogen and oxygen atoms in total. The lowest BCUT2D eigenvalue weighted by atomic mass is 10.0. The minimum absolute atomic E-state index is 0.204. The SMILES string of the molecule is Fc1ccc(-c2nc(-c3ccccc3)c(/N=C(/c3cccc4ccccc34)N3CCN(c4ccccc4F)CC3)s2)cc1. The van der Waals surface area contributed by atoms with Crippen LogP contribution >= 0.6 is 11.3 Å². The Kier molecular flexibility index (Phi) is 7.39. The van der Waals surface area contributed by atoms with Crippen LogP contribution in [0.2, 0.25) is 0 Å². The lowest BCUT2D eigenvalue weighted by Crippen LogP contribution is -2.49. The van der Waals surface area contributed by atoms with Crippen LogP contribution in [0.1, 0.15) is 5.56 Å². The first kappa shape index (κ1) is 27.0. The molecule has 1 saturated heterocycles. The minimum atomic E-state index is -0.283. The molecule has 0 unspecified atom stereocenters. The Bertz CT molecular complexity index is 1900. The van der Waals surface area contributed by atoms with Crippen molar-refractivity contribution in [2.24, 2.45) is 4.99 Å². The Morgan fingerprint density at radius 2 is 1.37 bits per heavy atom. The number of thiazole rings is 1. The van der Waals surface area contributed by atoms with Gasteiger partial charge in [0.25, 0.3) is 0 Å². The molecule has 0 amide bonds. The zero-order chi connectivity index (χ0) is 29.2. The van der Waals surface area contributed by atoms with Gasteiger partial charge in [0, 0.05) is 42.9 Å². The van der Waals surface area contributed by atoms with E-state index >= 15 is 0 Å². The number of aromatic nitrogens is 1. The van der Waals surface area contributed by atoms with E-state index in [9.17, 15) is 8.78 Å². The van der Waals surface area contributed by atoms with Crippen molar-refractivity contribution < 1.29 is 8.78 Å². The molecular weight excluding hydrogens is 558 g/mol. The van der Waals surface area contributed by atoms with Crippen molar-refractivity contribution in [1.29, 1.82) is 0 Å². The molecule has 5 aromatic carbocycles. The maximum absolute atomic E-state index is 14.6. The quantitative estimate of drug-likeness (QED) is 0.149. The third-order valence-corrected chi connectivity index (χ3v) is 8.76. The normalized spacial score (nSPS) is 14.0. The van der Waals surface area contributed by atoms with Crippen LogP contribution in [0.3, 0.4) is 0 Å². The molecule has 6 aromatic rings. The lowest BCUT2D eigenvalue weighted by Gasteiger charge is -2.38. The number of anilines is 1. The zero-order valence-corrected chi connectivity index (χ0v) is 24.1. The van der Waals surface area contributed by atoms with Crippen LogP contribution in [0.15, 0.2) is 126 Å². The van der Waals surface area contributed by atoms with Gasteiger partial charge in [0.05, 0.1) is 5.69 Å². The van der Waals surface area contributed by atoms with Crippen LogP contribution in [-0.4, -0.2) is 41.9 Å². The molecule has 7 heteroatoms. The van der Waals surface area contributed by atoms with E-state index in [0.717, 1.165) is 49.0 Å². The third-order valence-electron chi connectivity index (χ3n) is 7.76. The van der Waals surface area contributed by atoms with E-state index in [2.05, 4.69) is 40.1 Å². The van der Waals surface area contributed by atoms with E-state index in [1.165, 1.54) is 29.5 Å². The number of benzene rings is 5. The van der Waals surface area contributed by atoms with Crippen LogP contribution in [-0.2, 0) is 0 Å². The Morgan fingerprint density at radius 1 is 0.674 bits per heavy atom. The molecule has 2 heterocycles. The molecule has 1 aromatic heterocycles. The molecule has 1 aliphatic heterocycles. The van der Waals surface area contributed by atoms with Gasteiger partial charge in [0.15, 0.2) is 0 Å². The van der Waals surface area contributed by atoms with Crippen LogP contribution < -0.4 is 4.90 Å². The molecular formula is C36H28F2N4S. The van der Waals surface area contributed by atoms with Crippen LogP contribution in [0.4, 0.5) is 19.5 Å². The fraction of sp³-hybridized carbons (Fsp3) is 0.111. The van der Waals surface area contributed by atoms with Gasteiger partial charge in [0.1, 0.15) is 33.2 Å². The molecule has 1 fully saturated rings. The standard InChI is InChI=1S/C36H28F2N4S/c37-28-19-17-27(18-20-28)35-39-33(26-10-2-1-3-11-26)36(43-35)40-34(30-14-8-12-25-9-4-5-13-29(25)30)42-23-21-41(22-24-42)32-16-7-6-15-31(32)38/h1-20H,21-24H2/b40-34-. The predicted octanol–water partition coefficient (Wildman–Crippen LogP) is 8.81. The predicted molar refractivity (Wildman–Crippen MR) is 173 cm³/mol. The van der Waals surface area contributed by atoms with Crippen molar-refractivity contribution in [1.82, 2.24) is 9.88 Å². The van der Waals surface area contributed by atoms with Gasteiger partial charge in [-0.1, -0.05) is 96.3 Å². The summed E-state index contributed by atoms with van der Waals surface area (Å²) in [4.78, 5) is 14.8. The molecule has 0 saturated carbocycles. The summed E-state index contributed by atoms with van der Waals surface area (Å²) < 4.78 is 28.4. The van der Waals surface area contributed by atoms with Gasteiger partial charge in [-0.05, 0) is 47.2 Å². The van der Waals surface area contributed by atoms with E-state index in [1.807, 2.05) is 54.6 Å². The monoisotopic (exact) mass is 586 g/mol. The van der Waals surface area contributed by atoms with E-state index < -0.39 is 0 Å². The number of nitrogens with zero attached hydrogens (tertiary/aromatic N) is 4. The summed E-state index contributed by atoms with van der Waals surface area (Å²) >= 11 is 1.50. The number of fused-ring (bicyclic) bond motifs is 1. The Morgan fingerprint density at radius 3 is 2.16 bits per heavy atom. The summed E-state index contributed by atoms with van der Waals surface area (Å²) in [6.07, 6.45) is 0. The number of amidine groups is 1. The van der Waals surface area contributed by atoms with Gasteiger partial charge in [-0.2, -0.15) is 0 Å². The average Bonchev–Trinajstić information content (AvgIpc) is 3.48. The maximum Gasteiger partial charge on any atom is 0.146 e. The topological polar surface area (TPSA) is 31.7 Å². The van der Waals surface area contributed by atoms with Gasteiger partial charge >= 0.3 is 0 Å². The molecule has 0 N–H and O–H groups in total. The van der Waals surface area contributed by atoms with Gasteiger partial charge in [-0.3, -0.25) is 0 Å². The summed E-state index contributed by atoms with van der Waals surface area (Å²) in [5.41, 5.74) is 4.26. The minimum Gasteiger partial charge on any atom is -0.366 e. The number of halogens is 2. The third kappa shape index (κ3) is 5.51. The van der Waals surface area contributed by atoms with E-state index in [4.69, 9.17) is 9.98 Å². The Labute approximate surface area is 253 Å². The summed E-state index contributed by atoms with van der Waals surface area (Å²) in [5.74, 6) is 0.371. The molecule has 0 aliphatic carbocycles. The van der Waals surface area contributed by atoms with E-state index in [0.29, 0.717) is 31.9 Å². The first-order chi connectivity index (χ1) is 21.1. The lowest BCUT2D eigenvalue weighted by molar-refractivity contribution is 0.384. The maximum atomic E-state index is 14.6. The first-order valence-corrected chi connectivity index (χ1v) is 15.1. The van der Waals surface area contributed by atoms with Gasteiger partial charge < -0.3 is 9.80 Å². The number of hydrogen-bond acceptors (Lipinski definition) is 4.